The third-order valence-corrected chi connectivity index (χ3v) is 4.47. The smallest absolute Gasteiger partial charge is 0.323 e. The SMILES string of the molecule is COC(=O)[C@@H](NCc1ccc(-c2ccccc2)s1)C(C)C. The number of nitrogens with one attached hydrogen (secondary N) is 1. The highest BCUT2D eigenvalue weighted by Gasteiger charge is 2.22. The van der Waals surface area contributed by atoms with Crippen molar-refractivity contribution in [2.75, 3.05) is 7.11 Å². The molecular weight excluding hydrogens is 282 g/mol. The van der Waals surface area contributed by atoms with Crippen molar-refractivity contribution >= 4 is 17.3 Å². The van der Waals surface area contributed by atoms with Gasteiger partial charge in [0.2, 0.25) is 0 Å². The average molecular weight is 303 g/mol. The minimum atomic E-state index is -0.266. The number of esters is 1. The molecule has 1 N–H and O–H groups in total. The molecule has 0 aliphatic carbocycles. The van der Waals surface area contributed by atoms with Gasteiger partial charge < -0.3 is 4.74 Å². The summed E-state index contributed by atoms with van der Waals surface area (Å²) >= 11 is 1.74. The van der Waals surface area contributed by atoms with Gasteiger partial charge >= 0.3 is 5.97 Å². The Balaban J connectivity index is 2.01. The second kappa shape index (κ2) is 7.38. The van der Waals surface area contributed by atoms with Crippen LogP contribution in [-0.2, 0) is 16.1 Å². The number of hydrogen-bond acceptors (Lipinski definition) is 4. The van der Waals surface area contributed by atoms with Crippen LogP contribution in [0, 0.1) is 5.92 Å². The maximum Gasteiger partial charge on any atom is 0.323 e. The largest absolute Gasteiger partial charge is 0.468 e. The van der Waals surface area contributed by atoms with Crippen LogP contribution in [0.2, 0.25) is 0 Å². The monoisotopic (exact) mass is 303 g/mol. The number of thiophene rings is 1. The summed E-state index contributed by atoms with van der Waals surface area (Å²) in [6.45, 7) is 4.70. The number of carbonyl (C=O) groups excluding carboxylic acids is 1. The molecule has 0 amide bonds. The Morgan fingerprint density at radius 1 is 1.19 bits per heavy atom. The van der Waals surface area contributed by atoms with E-state index in [1.807, 2.05) is 32.0 Å². The van der Waals surface area contributed by atoms with Crippen LogP contribution in [-0.4, -0.2) is 19.1 Å². The van der Waals surface area contributed by atoms with E-state index in [0.717, 1.165) is 0 Å². The van der Waals surface area contributed by atoms with Gasteiger partial charge in [-0.05, 0) is 23.6 Å². The molecule has 0 bridgehead atoms. The number of carbonyl (C=O) groups is 1. The topological polar surface area (TPSA) is 38.3 Å². The van der Waals surface area contributed by atoms with E-state index >= 15 is 0 Å². The van der Waals surface area contributed by atoms with Crippen LogP contribution >= 0.6 is 11.3 Å². The molecule has 1 aromatic heterocycles. The average Bonchev–Trinajstić information content (AvgIpc) is 2.96. The minimum absolute atomic E-state index is 0.200. The zero-order valence-corrected chi connectivity index (χ0v) is 13.4. The van der Waals surface area contributed by atoms with Crippen LogP contribution in [0.5, 0.6) is 0 Å². The molecular formula is C17H21NO2S. The van der Waals surface area contributed by atoms with Crippen molar-refractivity contribution in [2.24, 2.45) is 5.92 Å². The third kappa shape index (κ3) is 4.16. The van der Waals surface area contributed by atoms with Gasteiger partial charge in [-0.2, -0.15) is 0 Å². The van der Waals surface area contributed by atoms with Gasteiger partial charge in [-0.15, -0.1) is 11.3 Å². The van der Waals surface area contributed by atoms with Crippen molar-refractivity contribution in [2.45, 2.75) is 26.4 Å². The van der Waals surface area contributed by atoms with E-state index in [4.69, 9.17) is 4.74 Å². The van der Waals surface area contributed by atoms with Gasteiger partial charge in [0, 0.05) is 16.3 Å². The lowest BCUT2D eigenvalue weighted by molar-refractivity contribution is -0.144. The molecule has 4 heteroatoms. The molecule has 0 spiro atoms. The number of rotatable bonds is 6. The fraction of sp³-hybridized carbons (Fsp3) is 0.353. The maximum atomic E-state index is 11.7. The van der Waals surface area contributed by atoms with Gasteiger partial charge in [-0.25, -0.2) is 0 Å². The number of methoxy groups -OCH3 is 1. The molecule has 2 aromatic rings. The lowest BCUT2D eigenvalue weighted by Crippen LogP contribution is -2.41. The fourth-order valence-electron chi connectivity index (χ4n) is 2.16. The Morgan fingerprint density at radius 3 is 2.52 bits per heavy atom. The molecule has 21 heavy (non-hydrogen) atoms. The zero-order chi connectivity index (χ0) is 15.2. The fourth-order valence-corrected chi connectivity index (χ4v) is 3.12. The highest BCUT2D eigenvalue weighted by Crippen LogP contribution is 2.27. The Bertz CT molecular complexity index is 577. The molecule has 0 aliphatic heterocycles. The molecule has 0 fully saturated rings. The van der Waals surface area contributed by atoms with E-state index in [-0.39, 0.29) is 17.9 Å². The summed E-state index contributed by atoms with van der Waals surface area (Å²) in [5.41, 5.74) is 1.22. The first-order valence-corrected chi connectivity index (χ1v) is 7.89. The van der Waals surface area contributed by atoms with Crippen LogP contribution in [0.15, 0.2) is 42.5 Å². The summed E-state index contributed by atoms with van der Waals surface area (Å²) in [4.78, 5) is 14.2. The van der Waals surface area contributed by atoms with Crippen molar-refractivity contribution in [1.82, 2.24) is 5.32 Å². The predicted octanol–water partition coefficient (Wildman–Crippen LogP) is 3.70. The van der Waals surface area contributed by atoms with Crippen molar-refractivity contribution in [3.05, 3.63) is 47.3 Å². The summed E-state index contributed by atoms with van der Waals surface area (Å²) in [6, 6.07) is 14.3. The van der Waals surface area contributed by atoms with Gasteiger partial charge in [0.15, 0.2) is 0 Å². The second-order valence-corrected chi connectivity index (χ2v) is 6.43. The van der Waals surface area contributed by atoms with Gasteiger partial charge in [0.1, 0.15) is 6.04 Å². The summed E-state index contributed by atoms with van der Waals surface area (Å²) < 4.78 is 4.84. The summed E-state index contributed by atoms with van der Waals surface area (Å²) in [5.74, 6) is -0.00385. The van der Waals surface area contributed by atoms with Crippen LogP contribution in [0.1, 0.15) is 18.7 Å². The second-order valence-electron chi connectivity index (χ2n) is 5.26. The molecule has 0 aliphatic rings. The molecule has 1 aromatic carbocycles. The Labute approximate surface area is 130 Å². The highest BCUT2D eigenvalue weighted by atomic mass is 32.1. The molecule has 112 valence electrons. The van der Waals surface area contributed by atoms with Crippen molar-refractivity contribution < 1.29 is 9.53 Å². The van der Waals surface area contributed by atoms with E-state index < -0.39 is 0 Å². The molecule has 0 saturated heterocycles. The quantitative estimate of drug-likeness (QED) is 0.827. The molecule has 0 radical (unpaired) electrons. The normalized spacial score (nSPS) is 12.4. The van der Waals surface area contributed by atoms with Crippen molar-refractivity contribution in [3.63, 3.8) is 0 Å². The Kier molecular flexibility index (Phi) is 5.53. The minimum Gasteiger partial charge on any atom is -0.468 e. The highest BCUT2D eigenvalue weighted by molar-refractivity contribution is 7.15. The molecule has 1 heterocycles. The van der Waals surface area contributed by atoms with E-state index in [9.17, 15) is 4.79 Å². The first-order chi connectivity index (χ1) is 10.1. The van der Waals surface area contributed by atoms with E-state index in [1.54, 1.807) is 11.3 Å². The Hall–Kier alpha value is -1.65. The summed E-state index contributed by atoms with van der Waals surface area (Å²) in [7, 11) is 1.43. The number of benzene rings is 1. The standard InChI is InChI=1S/C17H21NO2S/c1-12(2)16(17(19)20-3)18-11-14-9-10-15(21-14)13-7-5-4-6-8-13/h4-10,12,16,18H,11H2,1-3H3/t16-/m0/s1. The van der Waals surface area contributed by atoms with Crippen molar-refractivity contribution in [3.8, 4) is 10.4 Å². The molecule has 0 unspecified atom stereocenters. The van der Waals surface area contributed by atoms with E-state index in [0.29, 0.717) is 6.54 Å². The maximum absolute atomic E-state index is 11.7. The summed E-state index contributed by atoms with van der Waals surface area (Å²) in [5, 5.41) is 3.29. The van der Waals surface area contributed by atoms with E-state index in [1.165, 1.54) is 22.4 Å². The van der Waals surface area contributed by atoms with Gasteiger partial charge in [0.05, 0.1) is 7.11 Å². The lowest BCUT2D eigenvalue weighted by Gasteiger charge is -2.19. The summed E-state index contributed by atoms with van der Waals surface area (Å²) in [6.07, 6.45) is 0. The van der Waals surface area contributed by atoms with E-state index in [2.05, 4.69) is 29.6 Å². The van der Waals surface area contributed by atoms with Crippen LogP contribution < -0.4 is 5.32 Å². The lowest BCUT2D eigenvalue weighted by atomic mass is 10.0. The first-order valence-electron chi connectivity index (χ1n) is 7.07. The molecule has 1 atom stereocenters. The predicted molar refractivity (Wildman–Crippen MR) is 87.2 cm³/mol. The van der Waals surface area contributed by atoms with Crippen LogP contribution in [0.3, 0.4) is 0 Å². The number of hydrogen-bond donors (Lipinski definition) is 1. The third-order valence-electron chi connectivity index (χ3n) is 3.34. The molecule has 0 saturated carbocycles. The Morgan fingerprint density at radius 2 is 1.90 bits per heavy atom. The van der Waals surface area contributed by atoms with Crippen molar-refractivity contribution in [1.29, 1.82) is 0 Å². The molecule has 3 nitrogen and oxygen atoms in total. The number of ether oxygens (including phenoxy) is 1. The van der Waals surface area contributed by atoms with Gasteiger partial charge in [0.25, 0.3) is 0 Å². The zero-order valence-electron chi connectivity index (χ0n) is 12.6. The van der Waals surface area contributed by atoms with Crippen LogP contribution in [0.4, 0.5) is 0 Å². The molecule has 2 rings (SSSR count). The first kappa shape index (κ1) is 15.7. The van der Waals surface area contributed by atoms with Gasteiger partial charge in [-0.3, -0.25) is 10.1 Å². The van der Waals surface area contributed by atoms with Crippen LogP contribution in [0.25, 0.3) is 10.4 Å². The van der Waals surface area contributed by atoms with Gasteiger partial charge in [-0.1, -0.05) is 44.2 Å².